The van der Waals surface area contributed by atoms with Crippen LogP contribution in [0.3, 0.4) is 0 Å². The molecule has 7 nitrogen and oxygen atoms in total. The van der Waals surface area contributed by atoms with Gasteiger partial charge in [0.05, 0.1) is 34.3 Å². The molecule has 0 aromatic carbocycles. The van der Waals surface area contributed by atoms with Gasteiger partial charge in [0.2, 0.25) is 5.91 Å². The highest BCUT2D eigenvalue weighted by Crippen LogP contribution is 2.36. The van der Waals surface area contributed by atoms with Gasteiger partial charge in [-0.2, -0.15) is 0 Å². The molecular formula is C18H20BrClN4O3S2. The van der Waals surface area contributed by atoms with Gasteiger partial charge in [-0.25, -0.2) is 18.4 Å². The minimum atomic E-state index is -3.00. The number of amides is 1. The van der Waals surface area contributed by atoms with Crippen LogP contribution >= 0.6 is 38.9 Å². The van der Waals surface area contributed by atoms with Gasteiger partial charge in [0, 0.05) is 30.4 Å². The molecule has 2 saturated heterocycles. The van der Waals surface area contributed by atoms with Crippen LogP contribution < -0.4 is 4.90 Å². The number of sulfone groups is 1. The zero-order valence-electron chi connectivity index (χ0n) is 15.5. The molecule has 1 amide bonds. The Hall–Kier alpha value is -1.23. The van der Waals surface area contributed by atoms with Crippen molar-refractivity contribution in [2.75, 3.05) is 36.0 Å². The van der Waals surface area contributed by atoms with E-state index < -0.39 is 9.84 Å². The number of thiophene rings is 1. The summed E-state index contributed by atoms with van der Waals surface area (Å²) in [5.74, 6) is 0.740. The average molecular weight is 520 g/mol. The summed E-state index contributed by atoms with van der Waals surface area (Å²) in [5.41, 5.74) is 0. The number of halogens is 2. The van der Waals surface area contributed by atoms with Crippen molar-refractivity contribution in [3.8, 4) is 0 Å². The van der Waals surface area contributed by atoms with Gasteiger partial charge in [0.1, 0.15) is 20.3 Å². The molecule has 4 rings (SSSR count). The van der Waals surface area contributed by atoms with E-state index >= 15 is 0 Å². The molecule has 1 unspecified atom stereocenters. The van der Waals surface area contributed by atoms with E-state index in [2.05, 4.69) is 30.8 Å². The third-order valence-corrected chi connectivity index (χ3v) is 8.88. The van der Waals surface area contributed by atoms with Crippen molar-refractivity contribution in [1.82, 2.24) is 14.9 Å². The number of hydrogen-bond acceptors (Lipinski definition) is 7. The van der Waals surface area contributed by atoms with Gasteiger partial charge in [0.15, 0.2) is 0 Å². The third-order valence-electron chi connectivity index (χ3n) is 5.42. The molecule has 2 aromatic rings. The second-order valence-electron chi connectivity index (χ2n) is 7.26. The fourth-order valence-corrected chi connectivity index (χ4v) is 6.71. The maximum atomic E-state index is 13.3. The summed E-state index contributed by atoms with van der Waals surface area (Å²) in [6.45, 7) is 1.77. The van der Waals surface area contributed by atoms with Crippen LogP contribution in [0.5, 0.6) is 0 Å². The number of hydrogen-bond donors (Lipinski definition) is 0. The molecule has 0 saturated carbocycles. The molecule has 0 radical (unpaired) electrons. The van der Waals surface area contributed by atoms with Gasteiger partial charge >= 0.3 is 0 Å². The summed E-state index contributed by atoms with van der Waals surface area (Å²) >= 11 is 10.9. The molecule has 156 valence electrons. The molecule has 2 fully saturated rings. The highest BCUT2D eigenvalue weighted by Gasteiger charge is 2.38. The van der Waals surface area contributed by atoms with Crippen molar-refractivity contribution in [2.45, 2.75) is 18.9 Å². The number of anilines is 1. The maximum absolute atomic E-state index is 13.3. The molecule has 0 bridgehead atoms. The smallest absolute Gasteiger partial charge is 0.226 e. The molecule has 4 heterocycles. The zero-order valence-corrected chi connectivity index (χ0v) is 19.5. The van der Waals surface area contributed by atoms with E-state index in [0.717, 1.165) is 10.7 Å². The lowest BCUT2D eigenvalue weighted by atomic mass is 9.98. The van der Waals surface area contributed by atoms with Gasteiger partial charge < -0.3 is 9.80 Å². The lowest BCUT2D eigenvalue weighted by Crippen LogP contribution is -2.53. The molecule has 0 spiro atoms. The van der Waals surface area contributed by atoms with Crippen LogP contribution in [0.15, 0.2) is 29.1 Å². The predicted octanol–water partition coefficient (Wildman–Crippen LogP) is 3.17. The maximum Gasteiger partial charge on any atom is 0.226 e. The Morgan fingerprint density at radius 1 is 1.17 bits per heavy atom. The van der Waals surface area contributed by atoms with Gasteiger partial charge in [-0.05, 0) is 40.9 Å². The molecule has 11 heteroatoms. The monoisotopic (exact) mass is 518 g/mol. The molecule has 2 aliphatic rings. The second kappa shape index (κ2) is 8.49. The quantitative estimate of drug-likeness (QED) is 0.619. The van der Waals surface area contributed by atoms with Crippen LogP contribution in [0.1, 0.15) is 23.8 Å². The van der Waals surface area contributed by atoms with Gasteiger partial charge in [-0.15, -0.1) is 11.3 Å². The zero-order chi connectivity index (χ0) is 20.6. The highest BCUT2D eigenvalue weighted by molar-refractivity contribution is 9.10. The van der Waals surface area contributed by atoms with Crippen molar-refractivity contribution in [2.24, 2.45) is 5.92 Å². The van der Waals surface area contributed by atoms with Crippen LogP contribution in [0, 0.1) is 5.92 Å². The van der Waals surface area contributed by atoms with E-state index in [0.29, 0.717) is 41.4 Å². The van der Waals surface area contributed by atoms with Crippen molar-refractivity contribution in [3.63, 3.8) is 0 Å². The number of aromatic nitrogens is 2. The Morgan fingerprint density at radius 3 is 2.55 bits per heavy atom. The summed E-state index contributed by atoms with van der Waals surface area (Å²) in [6.07, 6.45) is 4.17. The van der Waals surface area contributed by atoms with Crippen LogP contribution in [0.4, 0.5) is 5.82 Å². The highest BCUT2D eigenvalue weighted by atomic mass is 79.9. The van der Waals surface area contributed by atoms with Crippen LogP contribution in [-0.4, -0.2) is 60.3 Å². The minimum absolute atomic E-state index is 0.0379. The van der Waals surface area contributed by atoms with Crippen LogP contribution in [0.25, 0.3) is 0 Å². The van der Waals surface area contributed by atoms with E-state index in [1.54, 1.807) is 12.4 Å². The predicted molar refractivity (Wildman–Crippen MR) is 117 cm³/mol. The first-order chi connectivity index (χ1) is 13.8. The standard InChI is InChI=1S/C18H20BrClN4O3S2/c19-15-9-22-17(10-21-15)23-5-6-24(13(11-23)14-1-2-16(20)28-14)18(25)12-3-7-29(26,27)8-4-12/h1-2,9-10,12-13H,3-8,11H2. The summed E-state index contributed by atoms with van der Waals surface area (Å²) in [7, 11) is -3.00. The van der Waals surface area contributed by atoms with Crippen molar-refractivity contribution >= 4 is 60.4 Å². The fourth-order valence-electron chi connectivity index (χ4n) is 3.85. The first-order valence-electron chi connectivity index (χ1n) is 9.31. The number of piperazine rings is 1. The van der Waals surface area contributed by atoms with E-state index in [9.17, 15) is 13.2 Å². The molecule has 1 atom stereocenters. The normalized spacial score (nSPS) is 22.6. The average Bonchev–Trinajstić information content (AvgIpc) is 3.14. The van der Waals surface area contributed by atoms with Crippen LogP contribution in [0.2, 0.25) is 4.34 Å². The Labute approximate surface area is 187 Å². The number of carbonyl (C=O) groups is 1. The lowest BCUT2D eigenvalue weighted by molar-refractivity contribution is -0.138. The fraction of sp³-hybridized carbons (Fsp3) is 0.500. The summed E-state index contributed by atoms with van der Waals surface area (Å²) in [4.78, 5) is 27.0. The first-order valence-corrected chi connectivity index (χ1v) is 13.1. The van der Waals surface area contributed by atoms with Crippen molar-refractivity contribution < 1.29 is 13.2 Å². The van der Waals surface area contributed by atoms with E-state index in [4.69, 9.17) is 11.6 Å². The topological polar surface area (TPSA) is 83.5 Å². The SMILES string of the molecule is O=C(C1CCS(=O)(=O)CC1)N1CCN(c2cnc(Br)cn2)CC1c1ccc(Cl)s1. The van der Waals surface area contributed by atoms with Gasteiger partial charge in [-0.1, -0.05) is 11.6 Å². The van der Waals surface area contributed by atoms with Gasteiger partial charge in [-0.3, -0.25) is 4.79 Å². The lowest BCUT2D eigenvalue weighted by Gasteiger charge is -2.43. The first kappa shape index (κ1) is 21.0. The van der Waals surface area contributed by atoms with E-state index in [-0.39, 0.29) is 29.4 Å². The molecular weight excluding hydrogens is 500 g/mol. The Morgan fingerprint density at radius 2 is 1.93 bits per heavy atom. The molecule has 29 heavy (non-hydrogen) atoms. The molecule has 2 aromatic heterocycles. The summed E-state index contributed by atoms with van der Waals surface area (Å²) in [5, 5.41) is 0. The van der Waals surface area contributed by atoms with Crippen molar-refractivity contribution in [3.05, 3.63) is 38.3 Å². The Kier molecular flexibility index (Phi) is 6.15. The summed E-state index contributed by atoms with van der Waals surface area (Å²) in [6, 6.07) is 3.65. The molecule has 0 aliphatic carbocycles. The summed E-state index contributed by atoms with van der Waals surface area (Å²) < 4.78 is 24.8. The molecule has 0 N–H and O–H groups in total. The van der Waals surface area contributed by atoms with Crippen molar-refractivity contribution in [1.29, 1.82) is 0 Å². The second-order valence-corrected chi connectivity index (χ2v) is 12.1. The largest absolute Gasteiger partial charge is 0.351 e. The number of nitrogens with zero attached hydrogens (tertiary/aromatic N) is 4. The van der Waals surface area contributed by atoms with Gasteiger partial charge in [0.25, 0.3) is 0 Å². The Bertz CT molecular complexity index is 985. The Balaban J connectivity index is 1.56. The van der Waals surface area contributed by atoms with E-state index in [1.807, 2.05) is 17.0 Å². The molecule has 2 aliphatic heterocycles. The number of carbonyl (C=O) groups excluding carboxylic acids is 1. The van der Waals surface area contributed by atoms with E-state index in [1.165, 1.54) is 11.3 Å². The number of rotatable bonds is 3. The third kappa shape index (κ3) is 4.76. The van der Waals surface area contributed by atoms with Crippen LogP contribution in [-0.2, 0) is 14.6 Å². The minimum Gasteiger partial charge on any atom is -0.351 e.